The zero-order chi connectivity index (χ0) is 19.4. The smallest absolute Gasteiger partial charge is 0.258 e. The molecule has 0 spiro atoms. The van der Waals surface area contributed by atoms with E-state index in [1.807, 2.05) is 38.1 Å². The van der Waals surface area contributed by atoms with Crippen LogP contribution < -0.4 is 10.6 Å². The first-order valence-electron chi connectivity index (χ1n) is 8.39. The second-order valence-corrected chi connectivity index (χ2v) is 6.21. The largest absolute Gasteiger partial charge is 0.322 e. The van der Waals surface area contributed by atoms with E-state index in [4.69, 9.17) is 0 Å². The van der Waals surface area contributed by atoms with Crippen LogP contribution in [0.2, 0.25) is 0 Å². The SMILES string of the molecule is CC(C)c1ccccc1NC(=O)c1cnc(Nc2c(F)cccc2F)nc1. The number of nitrogens with zero attached hydrogens (tertiary/aromatic N) is 2. The quantitative estimate of drug-likeness (QED) is 0.674. The summed E-state index contributed by atoms with van der Waals surface area (Å²) in [6.07, 6.45) is 2.59. The minimum Gasteiger partial charge on any atom is -0.322 e. The number of anilines is 3. The Kier molecular flexibility index (Phi) is 5.40. The molecule has 3 aromatic rings. The Hall–Kier alpha value is -3.35. The van der Waals surface area contributed by atoms with E-state index in [0.717, 1.165) is 17.7 Å². The van der Waals surface area contributed by atoms with E-state index in [0.29, 0.717) is 5.69 Å². The highest BCUT2D eigenvalue weighted by atomic mass is 19.1. The van der Waals surface area contributed by atoms with Crippen molar-refractivity contribution in [2.45, 2.75) is 19.8 Å². The van der Waals surface area contributed by atoms with Gasteiger partial charge in [-0.25, -0.2) is 18.7 Å². The first kappa shape index (κ1) is 18.4. The highest BCUT2D eigenvalue weighted by molar-refractivity contribution is 6.04. The maximum atomic E-state index is 13.7. The van der Waals surface area contributed by atoms with Gasteiger partial charge < -0.3 is 10.6 Å². The van der Waals surface area contributed by atoms with Gasteiger partial charge in [-0.15, -0.1) is 0 Å². The standard InChI is InChI=1S/C20H18F2N4O/c1-12(2)14-6-3-4-9-17(14)25-19(27)13-10-23-20(24-11-13)26-18-15(21)7-5-8-16(18)22/h3-12H,1-2H3,(H,25,27)(H,23,24,26). The van der Waals surface area contributed by atoms with Gasteiger partial charge in [0.15, 0.2) is 0 Å². The lowest BCUT2D eigenvalue weighted by atomic mass is 10.0. The van der Waals surface area contributed by atoms with E-state index in [1.165, 1.54) is 18.5 Å². The molecule has 1 aromatic heterocycles. The van der Waals surface area contributed by atoms with Crippen LogP contribution in [0.25, 0.3) is 0 Å². The Morgan fingerprint density at radius 3 is 2.22 bits per heavy atom. The summed E-state index contributed by atoms with van der Waals surface area (Å²) in [5.74, 6) is -1.65. The van der Waals surface area contributed by atoms with E-state index in [2.05, 4.69) is 20.6 Å². The molecule has 0 fully saturated rings. The van der Waals surface area contributed by atoms with E-state index in [9.17, 15) is 13.6 Å². The van der Waals surface area contributed by atoms with E-state index in [-0.39, 0.29) is 29.0 Å². The van der Waals surface area contributed by atoms with Gasteiger partial charge in [0.2, 0.25) is 5.95 Å². The van der Waals surface area contributed by atoms with Crippen LogP contribution in [-0.2, 0) is 0 Å². The molecule has 27 heavy (non-hydrogen) atoms. The molecule has 0 atom stereocenters. The lowest BCUT2D eigenvalue weighted by Crippen LogP contribution is -2.14. The van der Waals surface area contributed by atoms with Crippen molar-refractivity contribution >= 4 is 23.2 Å². The van der Waals surface area contributed by atoms with E-state index in [1.54, 1.807) is 0 Å². The minimum absolute atomic E-state index is 0.0156. The molecule has 138 valence electrons. The minimum atomic E-state index is -0.759. The predicted octanol–water partition coefficient (Wildman–Crippen LogP) is 4.87. The molecule has 0 radical (unpaired) electrons. The number of rotatable bonds is 5. The van der Waals surface area contributed by atoms with Crippen molar-refractivity contribution in [1.29, 1.82) is 0 Å². The average Bonchev–Trinajstić information content (AvgIpc) is 2.65. The number of hydrogen-bond donors (Lipinski definition) is 2. The number of hydrogen-bond acceptors (Lipinski definition) is 4. The van der Waals surface area contributed by atoms with Crippen molar-refractivity contribution in [3.63, 3.8) is 0 Å². The fourth-order valence-electron chi connectivity index (χ4n) is 2.55. The summed E-state index contributed by atoms with van der Waals surface area (Å²) < 4.78 is 27.3. The lowest BCUT2D eigenvalue weighted by Gasteiger charge is -2.13. The molecule has 1 heterocycles. The summed E-state index contributed by atoms with van der Waals surface area (Å²) >= 11 is 0. The van der Waals surface area contributed by atoms with Crippen molar-refractivity contribution in [1.82, 2.24) is 9.97 Å². The highest BCUT2D eigenvalue weighted by Crippen LogP contribution is 2.24. The normalized spacial score (nSPS) is 10.7. The van der Waals surface area contributed by atoms with Crippen LogP contribution in [0.4, 0.5) is 26.1 Å². The molecule has 0 aliphatic rings. The molecule has 0 saturated carbocycles. The topological polar surface area (TPSA) is 66.9 Å². The molecular weight excluding hydrogens is 350 g/mol. The van der Waals surface area contributed by atoms with Crippen molar-refractivity contribution in [2.75, 3.05) is 10.6 Å². The average molecular weight is 368 g/mol. The molecule has 2 N–H and O–H groups in total. The maximum absolute atomic E-state index is 13.7. The number of carbonyl (C=O) groups excluding carboxylic acids is 1. The van der Waals surface area contributed by atoms with Crippen LogP contribution in [0.1, 0.15) is 35.7 Å². The molecule has 0 aliphatic carbocycles. The Morgan fingerprint density at radius 1 is 0.963 bits per heavy atom. The van der Waals surface area contributed by atoms with Crippen LogP contribution in [0.15, 0.2) is 54.9 Å². The van der Waals surface area contributed by atoms with Crippen LogP contribution in [0, 0.1) is 11.6 Å². The fourth-order valence-corrected chi connectivity index (χ4v) is 2.55. The summed E-state index contributed by atoms with van der Waals surface area (Å²) in [6, 6.07) is 11.0. The number of amides is 1. The van der Waals surface area contributed by atoms with Crippen molar-refractivity contribution < 1.29 is 13.6 Å². The number of carbonyl (C=O) groups is 1. The Labute approximate surface area is 155 Å². The number of para-hydroxylation sites is 2. The van der Waals surface area contributed by atoms with Gasteiger partial charge in [0.05, 0.1) is 5.56 Å². The molecule has 1 amide bonds. The number of aromatic nitrogens is 2. The predicted molar refractivity (Wildman–Crippen MR) is 100 cm³/mol. The van der Waals surface area contributed by atoms with Gasteiger partial charge in [0.25, 0.3) is 5.91 Å². The third-order valence-corrected chi connectivity index (χ3v) is 3.94. The first-order chi connectivity index (χ1) is 13.0. The molecule has 0 unspecified atom stereocenters. The number of nitrogens with one attached hydrogen (secondary N) is 2. The summed E-state index contributed by atoms with van der Waals surface area (Å²) in [4.78, 5) is 20.4. The van der Waals surface area contributed by atoms with Gasteiger partial charge in [-0.3, -0.25) is 4.79 Å². The maximum Gasteiger partial charge on any atom is 0.258 e. The van der Waals surface area contributed by atoms with Gasteiger partial charge in [0, 0.05) is 18.1 Å². The molecule has 7 heteroatoms. The molecule has 0 bridgehead atoms. The molecule has 0 saturated heterocycles. The highest BCUT2D eigenvalue weighted by Gasteiger charge is 2.13. The fraction of sp³-hybridized carbons (Fsp3) is 0.150. The van der Waals surface area contributed by atoms with Gasteiger partial charge in [-0.1, -0.05) is 38.1 Å². The first-order valence-corrected chi connectivity index (χ1v) is 8.39. The monoisotopic (exact) mass is 368 g/mol. The van der Waals surface area contributed by atoms with Crippen LogP contribution in [0.3, 0.4) is 0 Å². The van der Waals surface area contributed by atoms with E-state index >= 15 is 0 Å². The Bertz CT molecular complexity index is 938. The number of benzene rings is 2. The third kappa shape index (κ3) is 4.25. The van der Waals surface area contributed by atoms with Crippen LogP contribution >= 0.6 is 0 Å². The number of halogens is 2. The van der Waals surface area contributed by atoms with Gasteiger partial charge in [-0.2, -0.15) is 0 Å². The Balaban J connectivity index is 1.75. The summed E-state index contributed by atoms with van der Waals surface area (Å²) in [7, 11) is 0. The molecule has 2 aromatic carbocycles. The van der Waals surface area contributed by atoms with Crippen molar-refractivity contribution in [3.05, 3.63) is 77.6 Å². The second kappa shape index (κ2) is 7.90. The van der Waals surface area contributed by atoms with Gasteiger partial charge in [-0.05, 0) is 29.7 Å². The van der Waals surface area contributed by atoms with Gasteiger partial charge in [0.1, 0.15) is 17.3 Å². The van der Waals surface area contributed by atoms with Crippen molar-refractivity contribution in [3.8, 4) is 0 Å². The molecule has 3 rings (SSSR count). The summed E-state index contributed by atoms with van der Waals surface area (Å²) in [5, 5.41) is 5.31. The van der Waals surface area contributed by atoms with Crippen LogP contribution in [0.5, 0.6) is 0 Å². The third-order valence-electron chi connectivity index (χ3n) is 3.94. The van der Waals surface area contributed by atoms with E-state index < -0.39 is 11.6 Å². The Morgan fingerprint density at radius 2 is 1.59 bits per heavy atom. The lowest BCUT2D eigenvalue weighted by molar-refractivity contribution is 0.102. The molecule has 0 aliphatic heterocycles. The van der Waals surface area contributed by atoms with Crippen molar-refractivity contribution in [2.24, 2.45) is 0 Å². The zero-order valence-corrected chi connectivity index (χ0v) is 14.8. The van der Waals surface area contributed by atoms with Crippen LogP contribution in [-0.4, -0.2) is 15.9 Å². The summed E-state index contributed by atoms with van der Waals surface area (Å²) in [6.45, 7) is 4.08. The molecular formula is C20H18F2N4O. The summed E-state index contributed by atoms with van der Waals surface area (Å²) in [5.41, 5.74) is 1.61. The molecule has 5 nitrogen and oxygen atoms in total. The second-order valence-electron chi connectivity index (χ2n) is 6.21. The van der Waals surface area contributed by atoms with Gasteiger partial charge >= 0.3 is 0 Å². The zero-order valence-electron chi connectivity index (χ0n) is 14.8.